The number of anilines is 1. The number of hydrogen-bond donors (Lipinski definition) is 1. The molecule has 128 valence electrons. The monoisotopic (exact) mass is 337 g/mol. The van der Waals surface area contributed by atoms with Crippen molar-refractivity contribution in [2.75, 3.05) is 12.4 Å². The highest BCUT2D eigenvalue weighted by atomic mass is 16.5. The summed E-state index contributed by atoms with van der Waals surface area (Å²) in [6, 6.07) is 7.77. The van der Waals surface area contributed by atoms with E-state index in [0.29, 0.717) is 30.0 Å². The van der Waals surface area contributed by atoms with E-state index < -0.39 is 0 Å². The van der Waals surface area contributed by atoms with Crippen molar-refractivity contribution in [1.29, 1.82) is 0 Å². The van der Waals surface area contributed by atoms with Crippen LogP contribution < -0.4 is 10.1 Å². The molecular weight excluding hydrogens is 318 g/mol. The van der Waals surface area contributed by atoms with Crippen molar-refractivity contribution < 1.29 is 14.3 Å². The normalized spacial score (nSPS) is 19.2. The second-order valence-corrected chi connectivity index (χ2v) is 6.62. The number of ketones is 1. The van der Waals surface area contributed by atoms with Gasteiger partial charge in [0.1, 0.15) is 5.75 Å². The molecule has 2 aliphatic carbocycles. The maximum atomic E-state index is 12.5. The average molecular weight is 337 g/mol. The molecule has 0 aliphatic heterocycles. The minimum absolute atomic E-state index is 0.0335. The maximum absolute atomic E-state index is 12.5. The van der Waals surface area contributed by atoms with Crippen LogP contribution in [0, 0.1) is 5.92 Å². The molecule has 0 spiro atoms. The third-order valence-electron chi connectivity index (χ3n) is 4.81. The molecule has 25 heavy (non-hydrogen) atoms. The van der Waals surface area contributed by atoms with Gasteiger partial charge in [-0.3, -0.25) is 14.9 Å². The Balaban J connectivity index is 1.56. The lowest BCUT2D eigenvalue weighted by molar-refractivity contribution is -0.117. The molecule has 0 saturated heterocycles. The first-order valence-corrected chi connectivity index (χ1v) is 8.48. The first-order chi connectivity index (χ1) is 12.1. The van der Waals surface area contributed by atoms with E-state index in [0.717, 1.165) is 24.2 Å². The van der Waals surface area contributed by atoms with Crippen LogP contribution in [0.15, 0.2) is 30.5 Å². The van der Waals surface area contributed by atoms with Gasteiger partial charge in [-0.2, -0.15) is 0 Å². The fourth-order valence-electron chi connectivity index (χ4n) is 3.17. The third-order valence-corrected chi connectivity index (χ3v) is 4.81. The zero-order chi connectivity index (χ0) is 17.4. The number of benzene rings is 1. The number of amides is 1. The number of ether oxygens (including phenoxy) is 1. The molecule has 1 N–H and O–H groups in total. The van der Waals surface area contributed by atoms with Crippen LogP contribution in [-0.2, 0) is 11.2 Å². The lowest BCUT2D eigenvalue weighted by Gasteiger charge is -2.23. The van der Waals surface area contributed by atoms with E-state index >= 15 is 0 Å². The van der Waals surface area contributed by atoms with Gasteiger partial charge in [-0.25, -0.2) is 9.97 Å². The Bertz CT molecular complexity index is 828. The average Bonchev–Trinajstić information content (AvgIpc) is 3.46. The van der Waals surface area contributed by atoms with Crippen molar-refractivity contribution >= 4 is 17.6 Å². The summed E-state index contributed by atoms with van der Waals surface area (Å²) in [5, 5.41) is 2.75. The zero-order valence-electron chi connectivity index (χ0n) is 14.0. The first-order valence-electron chi connectivity index (χ1n) is 8.48. The molecule has 1 amide bonds. The second-order valence-electron chi connectivity index (χ2n) is 6.62. The van der Waals surface area contributed by atoms with Crippen LogP contribution in [0.1, 0.15) is 46.8 Å². The lowest BCUT2D eigenvalue weighted by Crippen LogP contribution is -2.22. The van der Waals surface area contributed by atoms with Crippen LogP contribution in [0.2, 0.25) is 0 Å². The van der Waals surface area contributed by atoms with E-state index in [4.69, 9.17) is 4.74 Å². The fraction of sp³-hybridized carbons (Fsp3) is 0.368. The highest BCUT2D eigenvalue weighted by Crippen LogP contribution is 2.33. The summed E-state index contributed by atoms with van der Waals surface area (Å²) in [5.74, 6) is 1.26. The molecule has 1 saturated carbocycles. The van der Waals surface area contributed by atoms with Gasteiger partial charge in [-0.15, -0.1) is 0 Å². The van der Waals surface area contributed by atoms with Crippen LogP contribution >= 0.6 is 0 Å². The number of carbonyl (C=O) groups is 2. The predicted octanol–water partition coefficient (Wildman–Crippen LogP) is 2.75. The third kappa shape index (κ3) is 3.24. The number of methoxy groups -OCH3 is 1. The number of nitrogens with one attached hydrogen (secondary N) is 1. The molecule has 1 heterocycles. The van der Waals surface area contributed by atoms with Gasteiger partial charge in [0.15, 0.2) is 5.78 Å². The van der Waals surface area contributed by atoms with Crippen LogP contribution in [0.4, 0.5) is 5.95 Å². The Morgan fingerprint density at radius 3 is 2.64 bits per heavy atom. The number of Topliss-reactive ketones (excluding diaryl/α,β-unsaturated/α-hetero) is 1. The molecule has 1 fully saturated rings. The van der Waals surface area contributed by atoms with Gasteiger partial charge in [0.25, 0.3) is 0 Å². The van der Waals surface area contributed by atoms with Crippen molar-refractivity contribution in [3.63, 3.8) is 0 Å². The standard InChI is InChI=1S/C19H19N3O3/c1-25-14-6-4-11(5-7-14)13-8-16-15(17(23)9-13)10-20-19(21-16)22-18(24)12-2-3-12/h4-7,10,12-13H,2-3,8-9H2,1H3,(H,20,21,22,24)/t13-/m0/s1. The largest absolute Gasteiger partial charge is 0.497 e. The van der Waals surface area contributed by atoms with E-state index in [9.17, 15) is 9.59 Å². The minimum atomic E-state index is -0.0335. The van der Waals surface area contributed by atoms with Gasteiger partial charge in [0.2, 0.25) is 11.9 Å². The first kappa shape index (κ1) is 15.7. The van der Waals surface area contributed by atoms with E-state index in [1.807, 2.05) is 24.3 Å². The summed E-state index contributed by atoms with van der Waals surface area (Å²) in [7, 11) is 1.63. The van der Waals surface area contributed by atoms with Crippen molar-refractivity contribution in [2.45, 2.75) is 31.6 Å². The van der Waals surface area contributed by atoms with Crippen molar-refractivity contribution in [2.24, 2.45) is 5.92 Å². The van der Waals surface area contributed by atoms with Crippen molar-refractivity contribution in [1.82, 2.24) is 9.97 Å². The number of aromatic nitrogens is 2. The summed E-state index contributed by atoms with van der Waals surface area (Å²) >= 11 is 0. The summed E-state index contributed by atoms with van der Waals surface area (Å²) in [6.45, 7) is 0. The molecular formula is C19H19N3O3. The molecule has 1 atom stereocenters. The molecule has 0 radical (unpaired) electrons. The van der Waals surface area contributed by atoms with Crippen LogP contribution in [0.3, 0.4) is 0 Å². The summed E-state index contributed by atoms with van der Waals surface area (Å²) in [4.78, 5) is 32.9. The van der Waals surface area contributed by atoms with Crippen LogP contribution in [0.25, 0.3) is 0 Å². The fourth-order valence-corrected chi connectivity index (χ4v) is 3.17. The number of nitrogens with zero attached hydrogens (tertiary/aromatic N) is 2. The lowest BCUT2D eigenvalue weighted by atomic mass is 9.82. The number of fused-ring (bicyclic) bond motifs is 1. The zero-order valence-corrected chi connectivity index (χ0v) is 14.0. The van der Waals surface area contributed by atoms with Gasteiger partial charge in [0.05, 0.1) is 18.4 Å². The van der Waals surface area contributed by atoms with Crippen molar-refractivity contribution in [3.8, 4) is 5.75 Å². The molecule has 0 bridgehead atoms. The van der Waals surface area contributed by atoms with Crippen molar-refractivity contribution in [3.05, 3.63) is 47.3 Å². The van der Waals surface area contributed by atoms with Gasteiger partial charge in [-0.05, 0) is 42.9 Å². The predicted molar refractivity (Wildman–Crippen MR) is 91.8 cm³/mol. The molecule has 2 aromatic rings. The Hall–Kier alpha value is -2.76. The summed E-state index contributed by atoms with van der Waals surface area (Å²) < 4.78 is 5.18. The van der Waals surface area contributed by atoms with E-state index in [1.165, 1.54) is 6.20 Å². The summed E-state index contributed by atoms with van der Waals surface area (Å²) in [5.41, 5.74) is 2.36. The summed E-state index contributed by atoms with van der Waals surface area (Å²) in [6.07, 6.45) is 4.49. The number of hydrogen-bond acceptors (Lipinski definition) is 5. The van der Waals surface area contributed by atoms with Gasteiger partial charge in [0, 0.05) is 18.5 Å². The molecule has 1 aromatic heterocycles. The smallest absolute Gasteiger partial charge is 0.229 e. The Morgan fingerprint density at radius 2 is 1.96 bits per heavy atom. The molecule has 6 nitrogen and oxygen atoms in total. The second kappa shape index (κ2) is 6.27. The topological polar surface area (TPSA) is 81.2 Å². The Kier molecular flexibility index (Phi) is 3.95. The molecule has 4 rings (SSSR count). The van der Waals surface area contributed by atoms with E-state index in [1.54, 1.807) is 7.11 Å². The number of rotatable bonds is 4. The minimum Gasteiger partial charge on any atom is -0.497 e. The Morgan fingerprint density at radius 1 is 1.20 bits per heavy atom. The SMILES string of the molecule is COc1ccc([C@@H]2CC(=O)c3cnc(NC(=O)C4CC4)nc3C2)cc1. The highest BCUT2D eigenvalue weighted by molar-refractivity contribution is 5.99. The molecule has 2 aliphatic rings. The van der Waals surface area contributed by atoms with Gasteiger partial charge < -0.3 is 4.74 Å². The highest BCUT2D eigenvalue weighted by Gasteiger charge is 2.31. The van der Waals surface area contributed by atoms with E-state index in [-0.39, 0.29) is 23.5 Å². The van der Waals surface area contributed by atoms with Gasteiger partial charge in [-0.1, -0.05) is 12.1 Å². The Labute approximate surface area is 145 Å². The van der Waals surface area contributed by atoms with Gasteiger partial charge >= 0.3 is 0 Å². The van der Waals surface area contributed by atoms with E-state index in [2.05, 4.69) is 15.3 Å². The molecule has 1 aromatic carbocycles. The van der Waals surface area contributed by atoms with Crippen LogP contribution in [-0.4, -0.2) is 28.8 Å². The maximum Gasteiger partial charge on any atom is 0.229 e. The number of carbonyl (C=O) groups excluding carboxylic acids is 2. The van der Waals surface area contributed by atoms with Crippen LogP contribution in [0.5, 0.6) is 5.75 Å². The molecule has 0 unspecified atom stereocenters. The molecule has 6 heteroatoms. The quantitative estimate of drug-likeness (QED) is 0.928.